The van der Waals surface area contributed by atoms with Gasteiger partial charge in [0.2, 0.25) is 5.95 Å². The maximum absolute atomic E-state index is 13.7. The zero-order chi connectivity index (χ0) is 26.0. The fourth-order valence-corrected chi connectivity index (χ4v) is 7.02. The lowest BCUT2D eigenvalue weighted by Crippen LogP contribution is -2.47. The van der Waals surface area contributed by atoms with E-state index in [-0.39, 0.29) is 41.6 Å². The van der Waals surface area contributed by atoms with E-state index in [0.29, 0.717) is 16.4 Å². The Morgan fingerprint density at radius 3 is 2.59 bits per heavy atom. The van der Waals surface area contributed by atoms with Crippen LogP contribution in [0, 0.1) is 29.6 Å². The molecule has 3 saturated carbocycles. The smallest absolute Gasteiger partial charge is 0.433 e. The number of nitrogens with zero attached hydrogens (tertiary/aromatic N) is 5. The van der Waals surface area contributed by atoms with Crippen LogP contribution < -0.4 is 15.0 Å². The number of hydrogen-bond acceptors (Lipinski definition) is 7. The summed E-state index contributed by atoms with van der Waals surface area (Å²) in [5.74, 6) is 0.524. The fraction of sp³-hybridized carbons (Fsp3) is 0.609. The molecule has 198 valence electrons. The average Bonchev–Trinajstić information content (AvgIpc) is 3.53. The highest BCUT2D eigenvalue weighted by Crippen LogP contribution is 2.74. The van der Waals surface area contributed by atoms with Gasteiger partial charge < -0.3 is 15.0 Å². The Balaban J connectivity index is 1.14. The van der Waals surface area contributed by atoms with Crippen LogP contribution in [0.5, 0.6) is 5.75 Å². The summed E-state index contributed by atoms with van der Waals surface area (Å²) < 4.78 is 91.4. The predicted molar refractivity (Wildman–Crippen MR) is 122 cm³/mol. The van der Waals surface area contributed by atoms with Crippen molar-refractivity contribution in [1.82, 2.24) is 19.0 Å². The molecule has 0 bridgehead atoms. The van der Waals surface area contributed by atoms with E-state index in [9.17, 15) is 26.3 Å². The molecule has 1 N–H and O–H groups in total. The largest absolute Gasteiger partial charge is 0.489 e. The number of aryl methyl sites for hydroxylation is 1. The molecule has 4 aliphatic rings. The van der Waals surface area contributed by atoms with Gasteiger partial charge in [-0.2, -0.15) is 35.7 Å². The van der Waals surface area contributed by atoms with Crippen LogP contribution in [0.25, 0.3) is 5.65 Å². The molecule has 37 heavy (non-hydrogen) atoms. The first-order chi connectivity index (χ1) is 17.4. The molecule has 1 aliphatic heterocycles. The predicted octanol–water partition coefficient (Wildman–Crippen LogP) is 5.17. The first kappa shape index (κ1) is 23.4. The number of rotatable bonds is 6. The van der Waals surface area contributed by atoms with Gasteiger partial charge in [-0.25, -0.2) is 4.52 Å². The first-order valence-electron chi connectivity index (χ1n) is 12.0. The van der Waals surface area contributed by atoms with E-state index in [0.717, 1.165) is 42.3 Å². The molecule has 4 fully saturated rings. The average molecular weight is 545 g/mol. The zero-order valence-corrected chi connectivity index (χ0v) is 20.3. The molecular formula is C23H22F6N6OS. The Bertz CT molecular complexity index is 1400. The van der Waals surface area contributed by atoms with Gasteiger partial charge in [-0.05, 0) is 67.3 Å². The van der Waals surface area contributed by atoms with Crippen molar-refractivity contribution in [2.45, 2.75) is 44.6 Å². The standard InChI is InChI=1S/C23H22F6N6OS/c1-11-6-16(37-33-11)34-8-13-17(12-7-21(12,13)9-34)30-19-31-18-14(36-10-20(4-5-20)23(27,28)29)2-3-15(22(24,25)26)35(18)32-19/h2-3,6,12-13,17H,4-5,7-10H2,1H3,(H,30,32)/t12-,13-,17+,21?/m0/s1. The molecule has 0 aromatic carbocycles. The summed E-state index contributed by atoms with van der Waals surface area (Å²) in [4.78, 5) is 6.57. The summed E-state index contributed by atoms with van der Waals surface area (Å²) in [5.41, 5.74) is -2.12. The Morgan fingerprint density at radius 2 is 1.95 bits per heavy atom. The number of fused-ring (bicyclic) bond motifs is 1. The highest BCUT2D eigenvalue weighted by Gasteiger charge is 2.76. The van der Waals surface area contributed by atoms with Gasteiger partial charge in [-0.3, -0.25) is 0 Å². The van der Waals surface area contributed by atoms with Gasteiger partial charge in [-0.1, -0.05) is 0 Å². The van der Waals surface area contributed by atoms with E-state index in [1.54, 1.807) is 0 Å². The number of pyridine rings is 1. The third kappa shape index (κ3) is 3.43. The number of hydrogen-bond donors (Lipinski definition) is 1. The van der Waals surface area contributed by atoms with E-state index < -0.39 is 30.1 Å². The Kier molecular flexibility index (Phi) is 4.55. The lowest BCUT2D eigenvalue weighted by atomic mass is 9.71. The van der Waals surface area contributed by atoms with Crippen molar-refractivity contribution in [1.29, 1.82) is 0 Å². The first-order valence-corrected chi connectivity index (χ1v) is 12.8. The van der Waals surface area contributed by atoms with Gasteiger partial charge in [0.25, 0.3) is 0 Å². The van der Waals surface area contributed by atoms with E-state index in [1.165, 1.54) is 11.5 Å². The van der Waals surface area contributed by atoms with Gasteiger partial charge in [0.1, 0.15) is 22.7 Å². The Hall–Kier alpha value is -2.77. The van der Waals surface area contributed by atoms with Crippen LogP contribution in [0.1, 0.15) is 30.7 Å². The van der Waals surface area contributed by atoms with Gasteiger partial charge in [0.05, 0.1) is 5.69 Å². The molecule has 1 spiro atoms. The van der Waals surface area contributed by atoms with Crippen molar-refractivity contribution < 1.29 is 31.1 Å². The normalized spacial score (nSPS) is 29.6. The maximum atomic E-state index is 13.7. The molecule has 4 atom stereocenters. The Morgan fingerprint density at radius 1 is 1.16 bits per heavy atom. The topological polar surface area (TPSA) is 67.6 Å². The number of ether oxygens (including phenoxy) is 1. The summed E-state index contributed by atoms with van der Waals surface area (Å²) in [5, 5.41) is 8.41. The van der Waals surface area contributed by atoms with Crippen molar-refractivity contribution in [2.75, 3.05) is 29.9 Å². The molecule has 3 aliphatic carbocycles. The number of anilines is 2. The molecule has 14 heteroatoms. The molecule has 1 unspecified atom stereocenters. The van der Waals surface area contributed by atoms with E-state index in [2.05, 4.69) is 30.7 Å². The third-order valence-corrected chi connectivity index (χ3v) is 9.55. The molecule has 0 radical (unpaired) electrons. The molecular weight excluding hydrogens is 522 g/mol. The zero-order valence-electron chi connectivity index (χ0n) is 19.5. The second-order valence-corrected chi connectivity index (χ2v) is 11.6. The molecule has 7 rings (SSSR count). The van der Waals surface area contributed by atoms with Crippen LogP contribution in [0.2, 0.25) is 0 Å². The van der Waals surface area contributed by atoms with Crippen LogP contribution in [-0.2, 0) is 6.18 Å². The molecule has 1 saturated heterocycles. The molecule has 3 aromatic heterocycles. The summed E-state index contributed by atoms with van der Waals surface area (Å²) >= 11 is 1.46. The minimum absolute atomic E-state index is 0.00935. The Labute approximate surface area is 211 Å². The maximum Gasteiger partial charge on any atom is 0.433 e. The van der Waals surface area contributed by atoms with Crippen molar-refractivity contribution in [2.24, 2.45) is 22.7 Å². The van der Waals surface area contributed by atoms with Crippen LogP contribution in [0.4, 0.5) is 37.3 Å². The second kappa shape index (κ2) is 7.20. The third-order valence-electron chi connectivity index (χ3n) is 8.61. The highest BCUT2D eigenvalue weighted by molar-refractivity contribution is 7.10. The van der Waals surface area contributed by atoms with E-state index in [4.69, 9.17) is 4.74 Å². The van der Waals surface area contributed by atoms with E-state index in [1.807, 2.05) is 6.92 Å². The van der Waals surface area contributed by atoms with Gasteiger partial charge >= 0.3 is 12.4 Å². The lowest BCUT2D eigenvalue weighted by molar-refractivity contribution is -0.194. The summed E-state index contributed by atoms with van der Waals surface area (Å²) in [6.07, 6.45) is -8.29. The second-order valence-electron chi connectivity index (χ2n) is 10.8. The van der Waals surface area contributed by atoms with Crippen molar-refractivity contribution in [3.8, 4) is 5.75 Å². The van der Waals surface area contributed by atoms with Crippen LogP contribution in [0.15, 0.2) is 18.2 Å². The van der Waals surface area contributed by atoms with Crippen LogP contribution in [0.3, 0.4) is 0 Å². The highest BCUT2D eigenvalue weighted by atomic mass is 32.1. The van der Waals surface area contributed by atoms with Gasteiger partial charge in [0.15, 0.2) is 11.4 Å². The SMILES string of the molecule is Cc1cc(N2C[C@H]3[C@H](Nc4nc5c(OCC6(C(F)(F)F)CC6)ccc(C(F)(F)F)n5n4)[C@@H]4CC34C2)sn1. The number of halogens is 6. The van der Waals surface area contributed by atoms with Crippen molar-refractivity contribution in [3.63, 3.8) is 0 Å². The van der Waals surface area contributed by atoms with E-state index >= 15 is 0 Å². The van der Waals surface area contributed by atoms with Crippen LogP contribution in [-0.4, -0.2) is 50.9 Å². The molecule has 4 heterocycles. The van der Waals surface area contributed by atoms with Crippen molar-refractivity contribution in [3.05, 3.63) is 29.6 Å². The minimum Gasteiger partial charge on any atom is -0.489 e. The summed E-state index contributed by atoms with van der Waals surface area (Å²) in [6.45, 7) is 3.02. The van der Waals surface area contributed by atoms with Crippen LogP contribution >= 0.6 is 11.5 Å². The van der Waals surface area contributed by atoms with Crippen molar-refractivity contribution >= 4 is 28.1 Å². The molecule has 7 nitrogen and oxygen atoms in total. The minimum atomic E-state index is -4.73. The number of alkyl halides is 6. The van der Waals surface area contributed by atoms with Gasteiger partial charge in [-0.15, -0.1) is 5.10 Å². The lowest BCUT2D eigenvalue weighted by Gasteiger charge is -2.38. The van der Waals surface area contributed by atoms with Gasteiger partial charge in [0, 0.05) is 25.0 Å². The number of aromatic nitrogens is 4. The monoisotopic (exact) mass is 544 g/mol. The summed E-state index contributed by atoms with van der Waals surface area (Å²) in [7, 11) is 0. The quantitative estimate of drug-likeness (QED) is 0.432. The molecule has 0 amide bonds. The number of nitrogens with one attached hydrogen (secondary N) is 1. The molecule has 3 aromatic rings. The fourth-order valence-electron chi connectivity index (χ4n) is 6.25. The summed E-state index contributed by atoms with van der Waals surface area (Å²) in [6, 6.07) is 3.84.